The molecule has 0 amide bonds. The van der Waals surface area contributed by atoms with Gasteiger partial charge in [0.1, 0.15) is 0 Å². The van der Waals surface area contributed by atoms with E-state index in [0.29, 0.717) is 5.92 Å². The van der Waals surface area contributed by atoms with Crippen LogP contribution in [0.5, 0.6) is 0 Å². The van der Waals surface area contributed by atoms with Crippen LogP contribution >= 0.6 is 0 Å². The largest absolute Gasteiger partial charge is 0.251 e. The molecule has 184 valence electrons. The van der Waals surface area contributed by atoms with Crippen molar-refractivity contribution in [3.63, 3.8) is 0 Å². The molecule has 33 heavy (non-hydrogen) atoms. The quantitative estimate of drug-likeness (QED) is 0.350. The third-order valence-electron chi connectivity index (χ3n) is 9.82. The Morgan fingerprint density at radius 2 is 1.12 bits per heavy atom. The summed E-state index contributed by atoms with van der Waals surface area (Å²) in [6, 6.07) is 9.24. The van der Waals surface area contributed by atoms with Crippen LogP contribution in [-0.2, 0) is 6.42 Å². The Morgan fingerprint density at radius 1 is 0.667 bits per heavy atom. The molecule has 0 N–H and O–H groups in total. The van der Waals surface area contributed by atoms with E-state index < -0.39 is 0 Å². The van der Waals surface area contributed by atoms with Crippen molar-refractivity contribution in [3.05, 3.63) is 41.5 Å². The smallest absolute Gasteiger partial charge is 0.0897 e. The maximum Gasteiger partial charge on any atom is 0.0897 e. The lowest BCUT2D eigenvalue weighted by molar-refractivity contribution is 0.102. The summed E-state index contributed by atoms with van der Waals surface area (Å²) in [5, 5.41) is 0. The van der Waals surface area contributed by atoms with Crippen molar-refractivity contribution in [1.82, 2.24) is 0 Å². The van der Waals surface area contributed by atoms with Gasteiger partial charge in [-0.25, -0.2) is 0 Å². The van der Waals surface area contributed by atoms with Crippen molar-refractivity contribution in [3.8, 4) is 0 Å². The van der Waals surface area contributed by atoms with Crippen LogP contribution in [0.25, 0.3) is 6.08 Å². The van der Waals surface area contributed by atoms with E-state index in [1.165, 1.54) is 101 Å². The molecule has 3 aliphatic rings. The Kier molecular flexibility index (Phi) is 9.93. The monoisotopic (exact) mass is 452 g/mol. The molecule has 0 heterocycles. The van der Waals surface area contributed by atoms with Crippen LogP contribution in [0.3, 0.4) is 0 Å². The first-order valence-corrected chi connectivity index (χ1v) is 14.6. The Labute approximate surface area is 203 Å². The fraction of sp³-hybridized carbons (Fsp3) is 0.750. The predicted octanol–water partition coefficient (Wildman–Crippen LogP) is 9.82. The van der Waals surface area contributed by atoms with Gasteiger partial charge in [0.25, 0.3) is 0 Å². The standard InChI is InChI=1S/C32H49F/c1-2-3-4-25-5-7-26(8-6-25)9-10-27-11-15-29(16-12-27)31-19-21-32(22-20-31)30-17-13-28(14-18-30)23-24-33/h3-8,27-32H,2,9-24H2,1H3/b4-3+/t27?,28-,29?,30-,31?,32?. The second-order valence-electron chi connectivity index (χ2n) is 11.8. The molecule has 0 unspecified atom stereocenters. The van der Waals surface area contributed by atoms with Crippen LogP contribution in [0.2, 0.25) is 0 Å². The van der Waals surface area contributed by atoms with Gasteiger partial charge in [0.05, 0.1) is 6.67 Å². The van der Waals surface area contributed by atoms with Crippen molar-refractivity contribution in [2.45, 2.75) is 110 Å². The van der Waals surface area contributed by atoms with Crippen LogP contribution in [0.4, 0.5) is 4.39 Å². The highest BCUT2D eigenvalue weighted by molar-refractivity contribution is 5.49. The van der Waals surface area contributed by atoms with Gasteiger partial charge in [-0.05, 0) is 124 Å². The van der Waals surface area contributed by atoms with Gasteiger partial charge in [-0.15, -0.1) is 0 Å². The Morgan fingerprint density at radius 3 is 1.58 bits per heavy atom. The highest BCUT2D eigenvalue weighted by atomic mass is 19.1. The summed E-state index contributed by atoms with van der Waals surface area (Å²) in [5.74, 6) is 5.65. The molecule has 1 aromatic carbocycles. The highest BCUT2D eigenvalue weighted by Crippen LogP contribution is 2.46. The zero-order valence-corrected chi connectivity index (χ0v) is 21.3. The fourth-order valence-electron chi connectivity index (χ4n) is 7.56. The molecular formula is C32H49F. The van der Waals surface area contributed by atoms with Gasteiger partial charge in [-0.1, -0.05) is 69.0 Å². The zero-order valence-electron chi connectivity index (χ0n) is 21.3. The summed E-state index contributed by atoms with van der Waals surface area (Å²) in [4.78, 5) is 0. The van der Waals surface area contributed by atoms with Gasteiger partial charge >= 0.3 is 0 Å². The van der Waals surface area contributed by atoms with Crippen molar-refractivity contribution >= 4 is 6.08 Å². The average molecular weight is 453 g/mol. The van der Waals surface area contributed by atoms with Crippen molar-refractivity contribution < 1.29 is 4.39 Å². The molecule has 0 atom stereocenters. The topological polar surface area (TPSA) is 0 Å². The molecule has 0 bridgehead atoms. The lowest BCUT2D eigenvalue weighted by Gasteiger charge is -2.41. The van der Waals surface area contributed by atoms with E-state index in [2.05, 4.69) is 43.3 Å². The van der Waals surface area contributed by atoms with Crippen molar-refractivity contribution in [2.24, 2.45) is 35.5 Å². The molecule has 1 heteroatoms. The number of rotatable bonds is 9. The summed E-state index contributed by atoms with van der Waals surface area (Å²) in [6.07, 6.45) is 26.4. The first kappa shape index (κ1) is 25.0. The molecule has 0 saturated heterocycles. The molecule has 4 rings (SSSR count). The Bertz CT molecular complexity index is 680. The third kappa shape index (κ3) is 7.43. The summed E-state index contributed by atoms with van der Waals surface area (Å²) in [5.41, 5.74) is 2.85. The first-order chi connectivity index (χ1) is 16.2. The number of hydrogen-bond donors (Lipinski definition) is 0. The van der Waals surface area contributed by atoms with Crippen molar-refractivity contribution in [2.75, 3.05) is 6.67 Å². The third-order valence-corrected chi connectivity index (χ3v) is 9.82. The first-order valence-electron chi connectivity index (χ1n) is 14.6. The van der Waals surface area contributed by atoms with Crippen LogP contribution in [0.15, 0.2) is 30.3 Å². The number of allylic oxidation sites excluding steroid dienone is 1. The number of halogens is 1. The zero-order chi connectivity index (χ0) is 22.9. The fourth-order valence-corrected chi connectivity index (χ4v) is 7.56. The molecule has 0 radical (unpaired) electrons. The van der Waals surface area contributed by atoms with Gasteiger partial charge in [0, 0.05) is 0 Å². The SMILES string of the molecule is CC/C=C/c1ccc(CCC2CCC(C3CCC([C@H]4CC[C@H](CCF)CC4)CC3)CC2)cc1. The minimum atomic E-state index is -0.104. The molecular weight excluding hydrogens is 403 g/mol. The highest BCUT2D eigenvalue weighted by Gasteiger charge is 2.34. The minimum Gasteiger partial charge on any atom is -0.251 e. The van der Waals surface area contributed by atoms with Gasteiger partial charge in [-0.3, -0.25) is 4.39 Å². The van der Waals surface area contributed by atoms with Crippen LogP contribution in [-0.4, -0.2) is 6.67 Å². The van der Waals surface area contributed by atoms with Crippen LogP contribution < -0.4 is 0 Å². The summed E-state index contributed by atoms with van der Waals surface area (Å²) in [7, 11) is 0. The normalized spacial score (nSPS) is 33.4. The second kappa shape index (κ2) is 13.1. The number of alkyl halides is 1. The predicted molar refractivity (Wildman–Crippen MR) is 141 cm³/mol. The summed E-state index contributed by atoms with van der Waals surface area (Å²) >= 11 is 0. The second-order valence-corrected chi connectivity index (χ2v) is 11.8. The van der Waals surface area contributed by atoms with E-state index in [9.17, 15) is 4.39 Å². The molecule has 3 fully saturated rings. The average Bonchev–Trinajstić information content (AvgIpc) is 2.88. The van der Waals surface area contributed by atoms with E-state index in [-0.39, 0.29) is 6.67 Å². The maximum atomic E-state index is 12.6. The van der Waals surface area contributed by atoms with Gasteiger partial charge in [0.15, 0.2) is 0 Å². The molecule has 0 aliphatic heterocycles. The number of hydrogen-bond acceptors (Lipinski definition) is 0. The lowest BCUT2D eigenvalue weighted by Crippen LogP contribution is -2.30. The van der Waals surface area contributed by atoms with Gasteiger partial charge in [0.2, 0.25) is 0 Å². The molecule has 3 aliphatic carbocycles. The van der Waals surface area contributed by atoms with Crippen molar-refractivity contribution in [1.29, 1.82) is 0 Å². The maximum absolute atomic E-state index is 12.6. The molecule has 1 aromatic rings. The van der Waals surface area contributed by atoms with E-state index in [1.54, 1.807) is 0 Å². The molecule has 0 nitrogen and oxygen atoms in total. The van der Waals surface area contributed by atoms with Crippen LogP contribution in [0.1, 0.15) is 114 Å². The number of aryl methyl sites for hydroxylation is 1. The van der Waals surface area contributed by atoms with E-state index in [4.69, 9.17) is 0 Å². The van der Waals surface area contributed by atoms with E-state index >= 15 is 0 Å². The van der Waals surface area contributed by atoms with Gasteiger partial charge < -0.3 is 0 Å². The Hall–Kier alpha value is -1.11. The van der Waals surface area contributed by atoms with Gasteiger partial charge in [-0.2, -0.15) is 0 Å². The number of benzene rings is 1. The summed E-state index contributed by atoms with van der Waals surface area (Å²) in [6.45, 7) is 2.08. The summed E-state index contributed by atoms with van der Waals surface area (Å²) < 4.78 is 12.6. The minimum absolute atomic E-state index is 0.104. The van der Waals surface area contributed by atoms with Crippen LogP contribution in [0, 0.1) is 35.5 Å². The van der Waals surface area contributed by atoms with E-state index in [0.717, 1.165) is 42.4 Å². The lowest BCUT2D eigenvalue weighted by atomic mass is 9.64. The Balaban J connectivity index is 1.12. The molecule has 0 spiro atoms. The van der Waals surface area contributed by atoms with E-state index in [1.807, 2.05) is 0 Å². The molecule has 0 aromatic heterocycles. The molecule has 3 saturated carbocycles.